The summed E-state index contributed by atoms with van der Waals surface area (Å²) in [5, 5.41) is 7.37. The van der Waals surface area contributed by atoms with Gasteiger partial charge in [0.15, 0.2) is 0 Å². The van der Waals surface area contributed by atoms with Crippen LogP contribution in [0.4, 0.5) is 0 Å². The van der Waals surface area contributed by atoms with Crippen molar-refractivity contribution in [3.8, 4) is 11.5 Å². The smallest absolute Gasteiger partial charge is 0.271 e. The van der Waals surface area contributed by atoms with Gasteiger partial charge in [0.1, 0.15) is 18.0 Å². The molecule has 28 heavy (non-hydrogen) atoms. The second-order valence-electron chi connectivity index (χ2n) is 5.74. The molecule has 3 aromatic rings. The fourth-order valence-corrected chi connectivity index (χ4v) is 2.60. The Hall–Kier alpha value is -3.51. The van der Waals surface area contributed by atoms with E-state index in [0.29, 0.717) is 33.4 Å². The van der Waals surface area contributed by atoms with E-state index in [0.717, 1.165) is 0 Å². The summed E-state index contributed by atoms with van der Waals surface area (Å²) in [6.45, 7) is -0.186. The maximum atomic E-state index is 12.2. The molecule has 0 unspecified atom stereocenters. The van der Waals surface area contributed by atoms with Gasteiger partial charge in [-0.2, -0.15) is 10.0 Å². The summed E-state index contributed by atoms with van der Waals surface area (Å²) in [5.74, 6) is 0.915. The van der Waals surface area contributed by atoms with Gasteiger partial charge in [-0.1, -0.05) is 41.0 Å². The molecule has 140 valence electrons. The lowest BCUT2D eigenvalue weighted by Crippen LogP contribution is -2.21. The lowest BCUT2D eigenvalue weighted by Gasteiger charge is -2.08. The molecule has 0 saturated carbocycles. The van der Waals surface area contributed by atoms with Crippen LogP contribution in [-0.2, 0) is 0 Å². The number of hydrazone groups is 1. The van der Waals surface area contributed by atoms with Gasteiger partial charge in [-0.05, 0) is 54.6 Å². The Morgan fingerprint density at radius 3 is 2.29 bits per heavy atom. The summed E-state index contributed by atoms with van der Waals surface area (Å²) in [4.78, 5) is 23.0. The summed E-state index contributed by atoms with van der Waals surface area (Å²) in [5.41, 5.74) is 3.76. The molecule has 0 radical (unpaired) electrons. The third-order valence-electron chi connectivity index (χ3n) is 3.76. The molecule has 0 bridgehead atoms. The minimum absolute atomic E-state index is 0.186. The van der Waals surface area contributed by atoms with Crippen molar-refractivity contribution in [1.82, 2.24) is 5.43 Å². The number of hydrogen-bond donors (Lipinski definition) is 1. The molecule has 3 aromatic carbocycles. The number of para-hydroxylation sites is 1. The van der Waals surface area contributed by atoms with Crippen molar-refractivity contribution < 1.29 is 9.53 Å². The lowest BCUT2D eigenvalue weighted by molar-refractivity contribution is 0.0955. The normalized spacial score (nSPS) is 11.0. The Bertz CT molecular complexity index is 989. The SMILES string of the molecule is O=NCC(=NNC(=O)c1cccc(Cl)c1)c1ccc(Oc2ccccc2)cc1. The van der Waals surface area contributed by atoms with Gasteiger partial charge < -0.3 is 4.74 Å². The largest absolute Gasteiger partial charge is 0.457 e. The topological polar surface area (TPSA) is 80.1 Å². The molecule has 0 fully saturated rings. The molecular weight excluding hydrogens is 378 g/mol. The van der Waals surface area contributed by atoms with E-state index in [1.165, 1.54) is 6.07 Å². The van der Waals surface area contributed by atoms with Crippen molar-refractivity contribution in [1.29, 1.82) is 0 Å². The molecular formula is C21H16ClN3O3. The van der Waals surface area contributed by atoms with E-state index in [2.05, 4.69) is 15.7 Å². The van der Waals surface area contributed by atoms with E-state index in [4.69, 9.17) is 16.3 Å². The van der Waals surface area contributed by atoms with E-state index >= 15 is 0 Å². The monoisotopic (exact) mass is 393 g/mol. The number of amides is 1. The van der Waals surface area contributed by atoms with Crippen LogP contribution >= 0.6 is 11.6 Å². The fourth-order valence-electron chi connectivity index (χ4n) is 2.40. The quantitative estimate of drug-likeness (QED) is 0.347. The van der Waals surface area contributed by atoms with Gasteiger partial charge in [0.05, 0.1) is 5.71 Å². The Morgan fingerprint density at radius 1 is 0.893 bits per heavy atom. The highest BCUT2D eigenvalue weighted by Gasteiger charge is 2.09. The second kappa shape index (κ2) is 9.43. The molecule has 0 atom stereocenters. The van der Waals surface area contributed by atoms with Gasteiger partial charge in [0.2, 0.25) is 0 Å². The molecule has 1 N–H and O–H groups in total. The first-order valence-electron chi connectivity index (χ1n) is 8.40. The molecule has 3 rings (SSSR count). The molecule has 0 aliphatic rings. The van der Waals surface area contributed by atoms with Crippen LogP contribution < -0.4 is 10.2 Å². The number of carbonyl (C=O) groups is 1. The first-order valence-corrected chi connectivity index (χ1v) is 8.78. The van der Waals surface area contributed by atoms with Crippen LogP contribution in [0.2, 0.25) is 5.02 Å². The molecule has 6 nitrogen and oxygen atoms in total. The summed E-state index contributed by atoms with van der Waals surface area (Å²) in [7, 11) is 0. The van der Waals surface area contributed by atoms with E-state index in [9.17, 15) is 9.70 Å². The van der Waals surface area contributed by atoms with Gasteiger partial charge in [-0.15, -0.1) is 0 Å². The van der Waals surface area contributed by atoms with E-state index < -0.39 is 5.91 Å². The van der Waals surface area contributed by atoms with Crippen LogP contribution in [0, 0.1) is 4.91 Å². The zero-order valence-electron chi connectivity index (χ0n) is 14.7. The third kappa shape index (κ3) is 5.25. The highest BCUT2D eigenvalue weighted by molar-refractivity contribution is 6.30. The maximum absolute atomic E-state index is 12.2. The molecule has 0 spiro atoms. The number of halogens is 1. The van der Waals surface area contributed by atoms with E-state index in [1.807, 2.05) is 30.3 Å². The number of nitrogens with zero attached hydrogens (tertiary/aromatic N) is 2. The van der Waals surface area contributed by atoms with Crippen LogP contribution in [0.5, 0.6) is 11.5 Å². The average molecular weight is 394 g/mol. The van der Waals surface area contributed by atoms with Crippen molar-refractivity contribution in [2.24, 2.45) is 10.3 Å². The highest BCUT2D eigenvalue weighted by Crippen LogP contribution is 2.21. The van der Waals surface area contributed by atoms with Crippen molar-refractivity contribution in [2.45, 2.75) is 0 Å². The second-order valence-corrected chi connectivity index (χ2v) is 6.17. The van der Waals surface area contributed by atoms with Crippen LogP contribution in [-0.4, -0.2) is 18.2 Å². The van der Waals surface area contributed by atoms with Crippen molar-refractivity contribution in [2.75, 3.05) is 6.54 Å². The number of carbonyl (C=O) groups excluding carboxylic acids is 1. The predicted molar refractivity (Wildman–Crippen MR) is 109 cm³/mol. The van der Waals surface area contributed by atoms with Gasteiger partial charge in [-0.3, -0.25) is 4.79 Å². The van der Waals surface area contributed by atoms with Crippen molar-refractivity contribution in [3.05, 3.63) is 99.9 Å². The number of rotatable bonds is 7. The number of benzene rings is 3. The Kier molecular flexibility index (Phi) is 6.49. The average Bonchev–Trinajstić information content (AvgIpc) is 2.72. The molecule has 0 saturated heterocycles. The molecule has 1 amide bonds. The Labute approximate surface area is 166 Å². The Balaban J connectivity index is 1.73. The van der Waals surface area contributed by atoms with E-state index in [-0.39, 0.29) is 6.54 Å². The van der Waals surface area contributed by atoms with Crippen LogP contribution in [0.1, 0.15) is 15.9 Å². The summed E-state index contributed by atoms with van der Waals surface area (Å²) in [6, 6.07) is 22.8. The summed E-state index contributed by atoms with van der Waals surface area (Å²) in [6.07, 6.45) is 0. The van der Waals surface area contributed by atoms with Crippen LogP contribution in [0.15, 0.2) is 89.1 Å². The van der Waals surface area contributed by atoms with Crippen molar-refractivity contribution >= 4 is 23.2 Å². The molecule has 0 aliphatic heterocycles. The third-order valence-corrected chi connectivity index (χ3v) is 4.00. The van der Waals surface area contributed by atoms with Gasteiger partial charge >= 0.3 is 0 Å². The van der Waals surface area contributed by atoms with Crippen LogP contribution in [0.3, 0.4) is 0 Å². The summed E-state index contributed by atoms with van der Waals surface area (Å²) < 4.78 is 5.73. The van der Waals surface area contributed by atoms with Gasteiger partial charge in [0, 0.05) is 16.1 Å². The molecule has 7 heteroatoms. The Morgan fingerprint density at radius 2 is 1.61 bits per heavy atom. The molecule has 0 heterocycles. The molecule has 0 aromatic heterocycles. The van der Waals surface area contributed by atoms with Crippen LogP contribution in [0.25, 0.3) is 0 Å². The minimum Gasteiger partial charge on any atom is -0.457 e. The zero-order chi connectivity index (χ0) is 19.8. The van der Waals surface area contributed by atoms with E-state index in [1.54, 1.807) is 42.5 Å². The lowest BCUT2D eigenvalue weighted by atomic mass is 10.1. The number of ether oxygens (including phenoxy) is 1. The first-order chi connectivity index (χ1) is 13.7. The van der Waals surface area contributed by atoms with Crippen molar-refractivity contribution in [3.63, 3.8) is 0 Å². The number of hydrogen-bond acceptors (Lipinski definition) is 5. The first kappa shape index (κ1) is 19.3. The summed E-state index contributed by atoms with van der Waals surface area (Å²) >= 11 is 5.89. The fraction of sp³-hybridized carbons (Fsp3) is 0.0476. The minimum atomic E-state index is -0.435. The molecule has 0 aliphatic carbocycles. The standard InChI is InChI=1S/C21H16ClN3O3/c22-17-6-4-5-16(13-17)21(26)25-24-20(14-23-27)15-9-11-19(12-10-15)28-18-7-2-1-3-8-18/h1-13H,14H2,(H,25,26). The van der Waals surface area contributed by atoms with Gasteiger partial charge in [-0.25, -0.2) is 5.43 Å². The number of nitrogens with one attached hydrogen (secondary N) is 1. The highest BCUT2D eigenvalue weighted by atomic mass is 35.5. The number of nitroso groups, excluding NO2 is 1. The van der Waals surface area contributed by atoms with Gasteiger partial charge in [0.25, 0.3) is 5.91 Å². The predicted octanol–water partition coefficient (Wildman–Crippen LogP) is 5.03. The zero-order valence-corrected chi connectivity index (χ0v) is 15.5. The maximum Gasteiger partial charge on any atom is 0.271 e.